The molecular formula is C26H26F3IN4O2. The highest BCUT2D eigenvalue weighted by Crippen LogP contribution is 2.35. The number of rotatable bonds is 8. The number of aromatic nitrogens is 1. The Morgan fingerprint density at radius 2 is 1.97 bits per heavy atom. The van der Waals surface area contributed by atoms with Crippen LogP contribution in [-0.4, -0.2) is 42.0 Å². The van der Waals surface area contributed by atoms with Gasteiger partial charge in [0, 0.05) is 34.1 Å². The molecule has 1 aliphatic heterocycles. The topological polar surface area (TPSA) is 66.5 Å². The number of halogens is 4. The molecule has 2 aromatic carbocycles. The molecule has 2 heterocycles. The molecule has 2 N–H and O–H groups in total. The predicted molar refractivity (Wildman–Crippen MR) is 141 cm³/mol. The number of likely N-dealkylation sites (tertiary alicyclic amines) is 1. The Kier molecular flexibility index (Phi) is 8.35. The fourth-order valence-corrected chi connectivity index (χ4v) is 4.38. The summed E-state index contributed by atoms with van der Waals surface area (Å²) in [5, 5.41) is 5.72. The van der Waals surface area contributed by atoms with Crippen LogP contribution in [0.4, 0.5) is 24.7 Å². The number of likely N-dealkylation sites (N-methyl/N-ethyl adjacent to an activating group) is 1. The highest BCUT2D eigenvalue weighted by molar-refractivity contribution is 14.1. The number of hydrogen-bond donors (Lipinski definition) is 2. The first-order valence-electron chi connectivity index (χ1n) is 11.5. The fraction of sp³-hybridized carbons (Fsp3) is 0.308. The van der Waals surface area contributed by atoms with Gasteiger partial charge in [0.15, 0.2) is 0 Å². The molecule has 1 fully saturated rings. The zero-order valence-corrected chi connectivity index (χ0v) is 21.8. The van der Waals surface area contributed by atoms with Crippen LogP contribution in [0.25, 0.3) is 0 Å². The summed E-state index contributed by atoms with van der Waals surface area (Å²) >= 11 is 2.22. The lowest BCUT2D eigenvalue weighted by Gasteiger charge is -2.20. The van der Waals surface area contributed by atoms with E-state index in [-0.39, 0.29) is 29.6 Å². The maximum atomic E-state index is 13.6. The lowest BCUT2D eigenvalue weighted by molar-refractivity contribution is -0.137. The molecular weight excluding hydrogens is 584 g/mol. The maximum Gasteiger partial charge on any atom is 0.416 e. The molecule has 36 heavy (non-hydrogen) atoms. The summed E-state index contributed by atoms with van der Waals surface area (Å²) in [7, 11) is 1.97. The van der Waals surface area contributed by atoms with Gasteiger partial charge in [-0.2, -0.15) is 13.2 Å². The van der Waals surface area contributed by atoms with Crippen molar-refractivity contribution in [1.29, 1.82) is 0 Å². The van der Waals surface area contributed by atoms with Gasteiger partial charge in [0.05, 0.1) is 11.1 Å². The number of nitrogens with zero attached hydrogens (tertiary/aromatic N) is 2. The minimum Gasteiger partial charge on any atom is -0.492 e. The largest absolute Gasteiger partial charge is 0.492 e. The zero-order chi connectivity index (χ0) is 25.7. The van der Waals surface area contributed by atoms with Gasteiger partial charge in [-0.15, -0.1) is 0 Å². The Hall–Kier alpha value is -2.86. The Bertz CT molecular complexity index is 1200. The molecule has 1 atom stereocenters. The van der Waals surface area contributed by atoms with E-state index in [4.69, 9.17) is 4.74 Å². The van der Waals surface area contributed by atoms with E-state index in [9.17, 15) is 18.0 Å². The third-order valence-corrected chi connectivity index (χ3v) is 6.75. The number of ether oxygens (including phenoxy) is 1. The molecule has 6 nitrogen and oxygen atoms in total. The number of alkyl halides is 3. The van der Waals surface area contributed by atoms with E-state index in [1.807, 2.05) is 31.3 Å². The van der Waals surface area contributed by atoms with Gasteiger partial charge in [0.2, 0.25) is 0 Å². The van der Waals surface area contributed by atoms with Gasteiger partial charge >= 0.3 is 6.18 Å². The molecule has 0 bridgehead atoms. The van der Waals surface area contributed by atoms with Crippen LogP contribution in [0.2, 0.25) is 0 Å². The Labute approximate surface area is 221 Å². The van der Waals surface area contributed by atoms with Gasteiger partial charge < -0.3 is 20.3 Å². The Morgan fingerprint density at radius 1 is 1.19 bits per heavy atom. The molecule has 1 amide bonds. The van der Waals surface area contributed by atoms with E-state index in [0.29, 0.717) is 12.4 Å². The third kappa shape index (κ3) is 6.88. The summed E-state index contributed by atoms with van der Waals surface area (Å²) in [4.78, 5) is 19.4. The molecule has 10 heteroatoms. The van der Waals surface area contributed by atoms with Gasteiger partial charge in [0.25, 0.3) is 5.91 Å². The van der Waals surface area contributed by atoms with Crippen molar-refractivity contribution >= 4 is 40.0 Å². The predicted octanol–water partition coefficient (Wildman–Crippen LogP) is 6.04. The van der Waals surface area contributed by atoms with Crippen LogP contribution in [-0.2, 0) is 12.7 Å². The zero-order valence-electron chi connectivity index (χ0n) is 19.6. The Morgan fingerprint density at radius 3 is 2.67 bits per heavy atom. The average Bonchev–Trinajstić information content (AvgIpc) is 3.26. The first-order chi connectivity index (χ1) is 17.2. The third-order valence-electron chi connectivity index (χ3n) is 6.03. The second-order valence-corrected chi connectivity index (χ2v) is 9.91. The van der Waals surface area contributed by atoms with Gasteiger partial charge in [-0.05, 0) is 91.0 Å². The van der Waals surface area contributed by atoms with E-state index < -0.39 is 17.6 Å². The molecule has 4 rings (SSSR count). The molecule has 0 spiro atoms. The normalized spacial score (nSPS) is 16.1. The number of hydrogen-bond acceptors (Lipinski definition) is 5. The van der Waals surface area contributed by atoms with Gasteiger partial charge in [-0.1, -0.05) is 12.1 Å². The summed E-state index contributed by atoms with van der Waals surface area (Å²) in [6.07, 6.45) is -1.08. The molecule has 0 radical (unpaired) electrons. The van der Waals surface area contributed by atoms with E-state index in [0.717, 1.165) is 40.7 Å². The fourth-order valence-electron chi connectivity index (χ4n) is 4.02. The highest BCUT2D eigenvalue weighted by Gasteiger charge is 2.32. The van der Waals surface area contributed by atoms with Crippen LogP contribution < -0.4 is 15.4 Å². The number of carbonyl (C=O) groups excluding carboxylic acids is 1. The van der Waals surface area contributed by atoms with Crippen molar-refractivity contribution in [2.45, 2.75) is 31.6 Å². The van der Waals surface area contributed by atoms with Crippen LogP contribution in [0.3, 0.4) is 0 Å². The van der Waals surface area contributed by atoms with Crippen molar-refractivity contribution in [3.8, 4) is 5.75 Å². The standard InChI is InChI=1S/C26H26F3IN4O2/c1-34-11-3-4-21(34)16-36-22-13-18(26(27,28)29)12-20(14-22)33-25(35)23-5-2-10-31-24(23)32-15-17-6-8-19(30)9-7-17/h2,5-10,12-14,21H,3-4,11,15-16H2,1H3,(H,31,32)(H,33,35)/t21-/m0/s1. The van der Waals surface area contributed by atoms with E-state index in [1.165, 1.54) is 6.07 Å². The van der Waals surface area contributed by atoms with Crippen molar-refractivity contribution in [3.05, 3.63) is 81.1 Å². The van der Waals surface area contributed by atoms with Crippen molar-refractivity contribution in [3.63, 3.8) is 0 Å². The SMILES string of the molecule is CN1CCC[C@H]1COc1cc(NC(=O)c2cccnc2NCc2ccc(I)cc2)cc(C(F)(F)F)c1. The number of pyridine rings is 1. The van der Waals surface area contributed by atoms with Gasteiger partial charge in [-0.3, -0.25) is 4.79 Å². The van der Waals surface area contributed by atoms with Crippen molar-refractivity contribution < 1.29 is 22.7 Å². The number of amides is 1. The van der Waals surface area contributed by atoms with Crippen molar-refractivity contribution in [1.82, 2.24) is 9.88 Å². The van der Waals surface area contributed by atoms with E-state index >= 15 is 0 Å². The molecule has 0 aliphatic carbocycles. The number of anilines is 2. The summed E-state index contributed by atoms with van der Waals surface area (Å²) in [5.74, 6) is -0.182. The number of benzene rings is 2. The van der Waals surface area contributed by atoms with E-state index in [2.05, 4.69) is 43.1 Å². The monoisotopic (exact) mass is 610 g/mol. The maximum absolute atomic E-state index is 13.6. The molecule has 0 saturated carbocycles. The smallest absolute Gasteiger partial charge is 0.416 e. The van der Waals surface area contributed by atoms with Crippen LogP contribution in [0.5, 0.6) is 5.75 Å². The van der Waals surface area contributed by atoms with Crippen LogP contribution in [0.15, 0.2) is 60.8 Å². The molecule has 0 unspecified atom stereocenters. The van der Waals surface area contributed by atoms with Gasteiger partial charge in [-0.25, -0.2) is 4.98 Å². The molecule has 190 valence electrons. The van der Waals surface area contributed by atoms with Gasteiger partial charge in [0.1, 0.15) is 18.2 Å². The first-order valence-corrected chi connectivity index (χ1v) is 12.6. The van der Waals surface area contributed by atoms with E-state index in [1.54, 1.807) is 18.3 Å². The minimum atomic E-state index is -4.59. The minimum absolute atomic E-state index is 0.00274. The Balaban J connectivity index is 1.50. The van der Waals surface area contributed by atoms with Crippen LogP contribution in [0.1, 0.15) is 34.3 Å². The quantitative estimate of drug-likeness (QED) is 0.305. The molecule has 1 aromatic heterocycles. The lowest BCUT2D eigenvalue weighted by Crippen LogP contribution is -2.30. The summed E-state index contributed by atoms with van der Waals surface area (Å²) in [6, 6.07) is 14.5. The summed E-state index contributed by atoms with van der Waals surface area (Å²) in [5.41, 5.74) is 0.325. The number of nitrogens with one attached hydrogen (secondary N) is 2. The summed E-state index contributed by atoms with van der Waals surface area (Å²) < 4.78 is 47.5. The molecule has 1 aliphatic rings. The average molecular weight is 610 g/mol. The second-order valence-electron chi connectivity index (χ2n) is 8.67. The van der Waals surface area contributed by atoms with Crippen LogP contribution >= 0.6 is 22.6 Å². The van der Waals surface area contributed by atoms with Crippen LogP contribution in [0, 0.1) is 3.57 Å². The highest BCUT2D eigenvalue weighted by atomic mass is 127. The van der Waals surface area contributed by atoms with Crippen molar-refractivity contribution in [2.24, 2.45) is 0 Å². The number of carbonyl (C=O) groups is 1. The molecule has 1 saturated heterocycles. The second kappa shape index (κ2) is 11.5. The summed E-state index contributed by atoms with van der Waals surface area (Å²) in [6.45, 7) is 1.65. The first kappa shape index (κ1) is 26.2. The van der Waals surface area contributed by atoms with Crippen molar-refractivity contribution in [2.75, 3.05) is 30.8 Å². The molecule has 3 aromatic rings. The lowest BCUT2D eigenvalue weighted by atomic mass is 10.1.